The number of carbonyl (C=O) groups is 2. The Morgan fingerprint density at radius 3 is 2.29 bits per heavy atom. The van der Waals surface area contributed by atoms with Crippen molar-refractivity contribution in [1.82, 2.24) is 0 Å². The Morgan fingerprint density at radius 2 is 1.71 bits per heavy atom. The topological polar surface area (TPSA) is 74.6 Å². The molecule has 0 bridgehead atoms. The standard InChI is InChI=1S/C23H27FO4/c1-13-9-10-17(24)11-18(13)20-19(21(25)26)15(3)14(2)12-23(20,22(27)28)16-7-5-4-6-8-16/h9-12,16,20H,4-8H2,1-3H3,(H,25,26)(H,27,28). The van der Waals surface area contributed by atoms with Crippen LogP contribution in [0.25, 0.3) is 0 Å². The first kappa shape index (κ1) is 20.3. The SMILES string of the molecule is CC1=CC(C(=O)O)(C2CCCCC2)C(c2cc(F)ccc2C)C(C(=O)O)=C1C. The van der Waals surface area contributed by atoms with Gasteiger partial charge in [-0.15, -0.1) is 0 Å². The second-order valence-electron chi connectivity index (χ2n) is 8.18. The first-order valence-electron chi connectivity index (χ1n) is 9.83. The van der Waals surface area contributed by atoms with Gasteiger partial charge >= 0.3 is 11.9 Å². The Bertz CT molecular complexity index is 877. The molecule has 2 atom stereocenters. The lowest BCUT2D eigenvalue weighted by molar-refractivity contribution is -0.151. The number of rotatable bonds is 4. The molecule has 0 aliphatic heterocycles. The third-order valence-electron chi connectivity index (χ3n) is 6.65. The fourth-order valence-corrected chi connectivity index (χ4v) is 5.13. The molecular formula is C23H27FO4. The lowest BCUT2D eigenvalue weighted by Crippen LogP contribution is -2.47. The molecule has 0 amide bonds. The van der Waals surface area contributed by atoms with E-state index in [-0.39, 0.29) is 11.5 Å². The van der Waals surface area contributed by atoms with Gasteiger partial charge in [0.25, 0.3) is 0 Å². The van der Waals surface area contributed by atoms with Crippen molar-refractivity contribution < 1.29 is 24.2 Å². The number of carboxylic acids is 2. The van der Waals surface area contributed by atoms with Crippen LogP contribution in [0.4, 0.5) is 4.39 Å². The normalized spacial score (nSPS) is 26.1. The monoisotopic (exact) mass is 386 g/mol. The smallest absolute Gasteiger partial charge is 0.332 e. The molecule has 150 valence electrons. The summed E-state index contributed by atoms with van der Waals surface area (Å²) in [6, 6.07) is 4.23. The third-order valence-corrected chi connectivity index (χ3v) is 6.65. The van der Waals surface area contributed by atoms with Crippen LogP contribution in [0.1, 0.15) is 63.0 Å². The van der Waals surface area contributed by atoms with E-state index in [1.54, 1.807) is 32.9 Å². The molecule has 2 aliphatic rings. The summed E-state index contributed by atoms with van der Waals surface area (Å²) in [7, 11) is 0. The Morgan fingerprint density at radius 1 is 1.07 bits per heavy atom. The highest BCUT2D eigenvalue weighted by atomic mass is 19.1. The van der Waals surface area contributed by atoms with Crippen LogP contribution in [0.2, 0.25) is 0 Å². The van der Waals surface area contributed by atoms with Gasteiger partial charge in [-0.25, -0.2) is 9.18 Å². The zero-order chi connectivity index (χ0) is 20.6. The lowest BCUT2D eigenvalue weighted by Gasteiger charge is -2.46. The average molecular weight is 386 g/mol. The van der Waals surface area contributed by atoms with Crippen molar-refractivity contribution in [2.24, 2.45) is 11.3 Å². The minimum absolute atomic E-state index is 0.0710. The molecule has 2 unspecified atom stereocenters. The number of halogens is 1. The molecule has 2 N–H and O–H groups in total. The van der Waals surface area contributed by atoms with E-state index >= 15 is 0 Å². The number of allylic oxidation sites excluding steroid dienone is 2. The van der Waals surface area contributed by atoms with Crippen LogP contribution in [0.15, 0.2) is 41.0 Å². The van der Waals surface area contributed by atoms with E-state index in [4.69, 9.17) is 0 Å². The van der Waals surface area contributed by atoms with Gasteiger partial charge < -0.3 is 10.2 Å². The largest absolute Gasteiger partial charge is 0.481 e. The van der Waals surface area contributed by atoms with Gasteiger partial charge in [0.15, 0.2) is 0 Å². The molecule has 0 heterocycles. The van der Waals surface area contributed by atoms with E-state index in [2.05, 4.69) is 0 Å². The molecule has 2 aliphatic carbocycles. The van der Waals surface area contributed by atoms with Crippen LogP contribution in [0.3, 0.4) is 0 Å². The molecule has 0 saturated heterocycles. The van der Waals surface area contributed by atoms with Crippen molar-refractivity contribution in [2.45, 2.75) is 58.8 Å². The highest BCUT2D eigenvalue weighted by Gasteiger charge is 2.55. The molecule has 4 nitrogen and oxygen atoms in total. The molecule has 3 rings (SSSR count). The van der Waals surface area contributed by atoms with Crippen molar-refractivity contribution in [3.63, 3.8) is 0 Å². The average Bonchev–Trinajstić information content (AvgIpc) is 2.65. The summed E-state index contributed by atoms with van der Waals surface area (Å²) in [6.07, 6.45) is 6.11. The van der Waals surface area contributed by atoms with Crippen molar-refractivity contribution >= 4 is 11.9 Å². The van der Waals surface area contributed by atoms with Crippen LogP contribution < -0.4 is 0 Å². The maximum absolute atomic E-state index is 14.2. The van der Waals surface area contributed by atoms with E-state index in [1.165, 1.54) is 12.1 Å². The van der Waals surface area contributed by atoms with Gasteiger partial charge in [0.2, 0.25) is 0 Å². The summed E-state index contributed by atoms with van der Waals surface area (Å²) >= 11 is 0. The fourth-order valence-electron chi connectivity index (χ4n) is 5.13. The van der Waals surface area contributed by atoms with E-state index in [0.29, 0.717) is 22.3 Å². The molecule has 1 saturated carbocycles. The molecule has 1 aromatic carbocycles. The van der Waals surface area contributed by atoms with Gasteiger partial charge in [-0.05, 0) is 68.4 Å². The van der Waals surface area contributed by atoms with Gasteiger partial charge in [-0.1, -0.05) is 37.0 Å². The van der Waals surface area contributed by atoms with Crippen molar-refractivity contribution in [2.75, 3.05) is 0 Å². The second-order valence-corrected chi connectivity index (χ2v) is 8.18. The fraction of sp³-hybridized carbons (Fsp3) is 0.478. The van der Waals surface area contributed by atoms with Gasteiger partial charge in [-0.3, -0.25) is 4.79 Å². The molecule has 5 heteroatoms. The summed E-state index contributed by atoms with van der Waals surface area (Å²) in [5.41, 5.74) is 1.07. The maximum atomic E-state index is 14.2. The molecule has 0 aromatic heterocycles. The summed E-state index contributed by atoms with van der Waals surface area (Å²) in [5, 5.41) is 20.5. The first-order chi connectivity index (χ1) is 13.2. The van der Waals surface area contributed by atoms with Crippen molar-refractivity contribution in [1.29, 1.82) is 0 Å². The minimum Gasteiger partial charge on any atom is -0.481 e. The summed E-state index contributed by atoms with van der Waals surface area (Å²) in [5.74, 6) is -3.77. The number of carboxylic acid groups (broad SMARTS) is 2. The maximum Gasteiger partial charge on any atom is 0.332 e. The summed E-state index contributed by atoms with van der Waals surface area (Å²) in [6.45, 7) is 5.26. The van der Waals surface area contributed by atoms with Gasteiger partial charge in [0.05, 0.1) is 0 Å². The molecular weight excluding hydrogens is 359 g/mol. The summed E-state index contributed by atoms with van der Waals surface area (Å²) in [4.78, 5) is 25.1. The molecule has 0 radical (unpaired) electrons. The van der Waals surface area contributed by atoms with E-state index in [1.807, 2.05) is 0 Å². The number of hydrogen-bond donors (Lipinski definition) is 2. The number of benzene rings is 1. The quantitative estimate of drug-likeness (QED) is 0.743. The predicted octanol–water partition coefficient (Wildman–Crippen LogP) is 5.23. The van der Waals surface area contributed by atoms with Gasteiger partial charge in [0, 0.05) is 11.5 Å². The first-order valence-corrected chi connectivity index (χ1v) is 9.83. The van der Waals surface area contributed by atoms with Gasteiger partial charge in [-0.2, -0.15) is 0 Å². The zero-order valence-corrected chi connectivity index (χ0v) is 16.6. The van der Waals surface area contributed by atoms with Crippen LogP contribution in [0.5, 0.6) is 0 Å². The molecule has 1 aromatic rings. The molecule has 0 spiro atoms. The summed E-state index contributed by atoms with van der Waals surface area (Å²) < 4.78 is 14.2. The molecule has 1 fully saturated rings. The predicted molar refractivity (Wildman–Crippen MR) is 105 cm³/mol. The van der Waals surface area contributed by atoms with Crippen LogP contribution in [0, 0.1) is 24.1 Å². The Kier molecular flexibility index (Phi) is 5.46. The van der Waals surface area contributed by atoms with Crippen molar-refractivity contribution in [3.05, 3.63) is 57.9 Å². The Hall–Kier alpha value is -2.43. The van der Waals surface area contributed by atoms with Crippen LogP contribution >= 0.6 is 0 Å². The molecule has 28 heavy (non-hydrogen) atoms. The minimum atomic E-state index is -1.39. The second kappa shape index (κ2) is 7.53. The lowest BCUT2D eigenvalue weighted by atomic mass is 9.55. The Labute approximate surface area is 164 Å². The van der Waals surface area contributed by atoms with E-state index < -0.39 is 29.1 Å². The van der Waals surface area contributed by atoms with Gasteiger partial charge in [0.1, 0.15) is 11.2 Å². The highest BCUT2D eigenvalue weighted by molar-refractivity contribution is 5.95. The number of hydrogen-bond acceptors (Lipinski definition) is 2. The highest BCUT2D eigenvalue weighted by Crippen LogP contribution is 2.56. The van der Waals surface area contributed by atoms with Crippen molar-refractivity contribution in [3.8, 4) is 0 Å². The number of aryl methyl sites for hydroxylation is 1. The Balaban J connectivity index is 2.36. The van der Waals surface area contributed by atoms with E-state index in [0.717, 1.165) is 32.1 Å². The third kappa shape index (κ3) is 3.17. The zero-order valence-electron chi connectivity index (χ0n) is 16.6. The van der Waals surface area contributed by atoms with E-state index in [9.17, 15) is 24.2 Å². The number of aliphatic carboxylic acids is 2. The van der Waals surface area contributed by atoms with Crippen LogP contribution in [-0.4, -0.2) is 22.2 Å². The van der Waals surface area contributed by atoms with Crippen LogP contribution in [-0.2, 0) is 9.59 Å².